The van der Waals surface area contributed by atoms with Gasteiger partial charge in [-0.05, 0) is 44.0 Å². The van der Waals surface area contributed by atoms with Crippen molar-refractivity contribution in [1.29, 1.82) is 0 Å². The summed E-state index contributed by atoms with van der Waals surface area (Å²) in [6.07, 6.45) is 2.67. The minimum Gasteiger partial charge on any atom is -0.333 e. The van der Waals surface area contributed by atoms with Gasteiger partial charge in [-0.2, -0.15) is 0 Å². The molecular weight excluding hydrogens is 349 g/mol. The molecule has 1 aliphatic rings. The number of halogens is 2. The fourth-order valence-electron chi connectivity index (χ4n) is 2.81. The topological polar surface area (TPSA) is 61.4 Å². The third-order valence-corrected chi connectivity index (χ3v) is 4.54. The van der Waals surface area contributed by atoms with E-state index in [0.717, 1.165) is 25.8 Å². The summed E-state index contributed by atoms with van der Waals surface area (Å²) in [6.45, 7) is 4.23. The Kier molecular flexibility index (Phi) is 7.34. The molecule has 2 rings (SSSR count). The Morgan fingerprint density at radius 2 is 2.17 bits per heavy atom. The lowest BCUT2D eigenvalue weighted by molar-refractivity contribution is -0.138. The minimum atomic E-state index is -0.259. The van der Waals surface area contributed by atoms with Crippen molar-refractivity contribution in [2.75, 3.05) is 31.5 Å². The highest BCUT2D eigenvalue weighted by atomic mass is 35.5. The van der Waals surface area contributed by atoms with Crippen molar-refractivity contribution in [2.45, 2.75) is 26.2 Å². The SMILES string of the molecule is CCCN(CC(=O)Nc1ccc(Cl)cc1Cl)C(=O)C1CCCNC1. The van der Waals surface area contributed by atoms with E-state index in [4.69, 9.17) is 23.2 Å². The number of rotatable bonds is 6. The summed E-state index contributed by atoms with van der Waals surface area (Å²) in [5, 5.41) is 6.87. The fourth-order valence-corrected chi connectivity index (χ4v) is 3.27. The number of nitrogens with one attached hydrogen (secondary N) is 2. The molecule has 1 unspecified atom stereocenters. The van der Waals surface area contributed by atoms with Gasteiger partial charge in [-0.15, -0.1) is 0 Å². The normalized spacial score (nSPS) is 17.4. The summed E-state index contributed by atoms with van der Waals surface area (Å²) < 4.78 is 0. The van der Waals surface area contributed by atoms with Gasteiger partial charge < -0.3 is 15.5 Å². The lowest BCUT2D eigenvalue weighted by atomic mass is 9.98. The number of carbonyl (C=O) groups is 2. The van der Waals surface area contributed by atoms with Crippen LogP contribution in [0.4, 0.5) is 5.69 Å². The average molecular weight is 372 g/mol. The lowest BCUT2D eigenvalue weighted by Crippen LogP contribution is -2.46. The molecule has 0 bridgehead atoms. The first-order valence-corrected chi connectivity index (χ1v) is 9.01. The summed E-state index contributed by atoms with van der Waals surface area (Å²) in [5.74, 6) is -0.261. The third kappa shape index (κ3) is 5.36. The molecular formula is C17H23Cl2N3O2. The molecule has 2 amide bonds. The molecule has 1 aromatic carbocycles. The van der Waals surface area contributed by atoms with E-state index in [2.05, 4.69) is 10.6 Å². The van der Waals surface area contributed by atoms with Gasteiger partial charge in [-0.1, -0.05) is 30.1 Å². The van der Waals surface area contributed by atoms with Gasteiger partial charge in [0, 0.05) is 18.1 Å². The maximum atomic E-state index is 12.7. The Morgan fingerprint density at radius 1 is 1.38 bits per heavy atom. The second-order valence-electron chi connectivity index (χ2n) is 5.98. The Balaban J connectivity index is 1.98. The quantitative estimate of drug-likeness (QED) is 0.806. The second kappa shape index (κ2) is 9.25. The summed E-state index contributed by atoms with van der Waals surface area (Å²) >= 11 is 11.9. The van der Waals surface area contributed by atoms with Crippen molar-refractivity contribution < 1.29 is 9.59 Å². The van der Waals surface area contributed by atoms with Crippen LogP contribution in [0.25, 0.3) is 0 Å². The summed E-state index contributed by atoms with van der Waals surface area (Å²) in [7, 11) is 0. The molecule has 7 heteroatoms. The maximum absolute atomic E-state index is 12.7. The van der Waals surface area contributed by atoms with Gasteiger partial charge in [-0.25, -0.2) is 0 Å². The van der Waals surface area contributed by atoms with Crippen LogP contribution in [-0.2, 0) is 9.59 Å². The van der Waals surface area contributed by atoms with E-state index in [9.17, 15) is 9.59 Å². The number of hydrogen-bond donors (Lipinski definition) is 2. The molecule has 24 heavy (non-hydrogen) atoms. The fraction of sp³-hybridized carbons (Fsp3) is 0.529. The zero-order chi connectivity index (χ0) is 17.5. The Bertz CT molecular complexity index is 589. The minimum absolute atomic E-state index is 0.0299. The molecule has 0 spiro atoms. The van der Waals surface area contributed by atoms with Gasteiger partial charge in [0.1, 0.15) is 0 Å². The van der Waals surface area contributed by atoms with Crippen LogP contribution in [0.5, 0.6) is 0 Å². The Hall–Kier alpha value is -1.30. The standard InChI is InChI=1S/C17H23Cl2N3O2/c1-2-8-22(17(24)12-4-3-7-20-10-12)11-16(23)21-15-6-5-13(18)9-14(15)19/h5-6,9,12,20H,2-4,7-8,10-11H2,1H3,(H,21,23). The van der Waals surface area contributed by atoms with Crippen LogP contribution in [0.3, 0.4) is 0 Å². The van der Waals surface area contributed by atoms with Gasteiger partial charge in [0.2, 0.25) is 11.8 Å². The highest BCUT2D eigenvalue weighted by Crippen LogP contribution is 2.25. The van der Waals surface area contributed by atoms with E-state index in [0.29, 0.717) is 28.8 Å². The van der Waals surface area contributed by atoms with Crippen molar-refractivity contribution in [1.82, 2.24) is 10.2 Å². The van der Waals surface area contributed by atoms with Gasteiger partial charge in [0.25, 0.3) is 0 Å². The van der Waals surface area contributed by atoms with Crippen LogP contribution in [0.2, 0.25) is 10.0 Å². The third-order valence-electron chi connectivity index (χ3n) is 3.99. The molecule has 1 saturated heterocycles. The van der Waals surface area contributed by atoms with E-state index in [1.807, 2.05) is 6.92 Å². The second-order valence-corrected chi connectivity index (χ2v) is 6.82. The number of nitrogens with zero attached hydrogens (tertiary/aromatic N) is 1. The first kappa shape index (κ1) is 19.0. The van der Waals surface area contributed by atoms with E-state index in [1.54, 1.807) is 23.1 Å². The number of benzene rings is 1. The van der Waals surface area contributed by atoms with Gasteiger partial charge in [0.15, 0.2) is 0 Å². The van der Waals surface area contributed by atoms with E-state index >= 15 is 0 Å². The number of carbonyl (C=O) groups excluding carboxylic acids is 2. The molecule has 5 nitrogen and oxygen atoms in total. The van der Waals surface area contributed by atoms with Crippen LogP contribution in [0.15, 0.2) is 18.2 Å². The molecule has 1 aliphatic heterocycles. The van der Waals surface area contributed by atoms with Gasteiger partial charge >= 0.3 is 0 Å². The molecule has 0 aromatic heterocycles. The molecule has 1 atom stereocenters. The van der Waals surface area contributed by atoms with Crippen molar-refractivity contribution in [3.05, 3.63) is 28.2 Å². The first-order chi connectivity index (χ1) is 11.5. The highest BCUT2D eigenvalue weighted by Gasteiger charge is 2.26. The van der Waals surface area contributed by atoms with Crippen LogP contribution in [-0.4, -0.2) is 42.9 Å². The maximum Gasteiger partial charge on any atom is 0.244 e. The highest BCUT2D eigenvalue weighted by molar-refractivity contribution is 6.36. The molecule has 0 aliphatic carbocycles. The monoisotopic (exact) mass is 371 g/mol. The summed E-state index contributed by atoms with van der Waals surface area (Å²) in [5.41, 5.74) is 0.495. The largest absolute Gasteiger partial charge is 0.333 e. The summed E-state index contributed by atoms with van der Waals surface area (Å²) in [4.78, 5) is 26.6. The van der Waals surface area contributed by atoms with Crippen molar-refractivity contribution in [2.24, 2.45) is 5.92 Å². The summed E-state index contributed by atoms with van der Waals surface area (Å²) in [6, 6.07) is 4.88. The molecule has 2 N–H and O–H groups in total. The van der Waals surface area contributed by atoms with Crippen molar-refractivity contribution in [3.8, 4) is 0 Å². The zero-order valence-electron chi connectivity index (χ0n) is 13.8. The van der Waals surface area contributed by atoms with Gasteiger partial charge in [0.05, 0.1) is 23.2 Å². The molecule has 132 valence electrons. The van der Waals surface area contributed by atoms with Crippen molar-refractivity contribution >= 4 is 40.7 Å². The predicted molar refractivity (Wildman–Crippen MR) is 97.6 cm³/mol. The number of hydrogen-bond acceptors (Lipinski definition) is 3. The number of anilines is 1. The van der Waals surface area contributed by atoms with E-state index in [1.165, 1.54) is 0 Å². The van der Waals surface area contributed by atoms with Crippen molar-refractivity contribution in [3.63, 3.8) is 0 Å². The van der Waals surface area contributed by atoms with E-state index in [-0.39, 0.29) is 24.3 Å². The molecule has 0 radical (unpaired) electrons. The lowest BCUT2D eigenvalue weighted by Gasteiger charge is -2.29. The molecule has 0 saturated carbocycles. The first-order valence-electron chi connectivity index (χ1n) is 8.25. The Labute approximate surface area is 152 Å². The van der Waals surface area contributed by atoms with Crippen LogP contribution < -0.4 is 10.6 Å². The number of piperidine rings is 1. The zero-order valence-corrected chi connectivity index (χ0v) is 15.3. The smallest absolute Gasteiger partial charge is 0.244 e. The predicted octanol–water partition coefficient (Wildman–Crippen LogP) is 3.17. The Morgan fingerprint density at radius 3 is 2.79 bits per heavy atom. The average Bonchev–Trinajstić information content (AvgIpc) is 2.57. The molecule has 1 fully saturated rings. The van der Waals surface area contributed by atoms with Crippen LogP contribution in [0.1, 0.15) is 26.2 Å². The molecule has 1 aromatic rings. The van der Waals surface area contributed by atoms with E-state index < -0.39 is 0 Å². The number of amides is 2. The van der Waals surface area contributed by atoms with Crippen LogP contribution in [0, 0.1) is 5.92 Å². The molecule has 1 heterocycles. The van der Waals surface area contributed by atoms with Gasteiger partial charge in [-0.3, -0.25) is 9.59 Å². The van der Waals surface area contributed by atoms with Crippen LogP contribution >= 0.6 is 23.2 Å².